The first kappa shape index (κ1) is 15.1. The summed E-state index contributed by atoms with van der Waals surface area (Å²) in [6, 6.07) is 4.67. The lowest BCUT2D eigenvalue weighted by atomic mass is 9.78. The van der Waals surface area contributed by atoms with Gasteiger partial charge < -0.3 is 14.0 Å². The van der Waals surface area contributed by atoms with Gasteiger partial charge in [-0.05, 0) is 33.8 Å². The van der Waals surface area contributed by atoms with Crippen LogP contribution in [0.1, 0.15) is 27.7 Å². The van der Waals surface area contributed by atoms with Crippen molar-refractivity contribution in [3.8, 4) is 5.75 Å². The van der Waals surface area contributed by atoms with E-state index in [0.717, 1.165) is 0 Å². The molecule has 0 amide bonds. The monoisotopic (exact) mass is 278 g/mol. The van der Waals surface area contributed by atoms with E-state index in [-0.39, 0.29) is 0 Å². The first-order valence-electron chi connectivity index (χ1n) is 6.65. The molecule has 3 nitrogen and oxygen atoms in total. The van der Waals surface area contributed by atoms with Gasteiger partial charge in [0.1, 0.15) is 18.2 Å². The van der Waals surface area contributed by atoms with E-state index in [0.29, 0.717) is 17.8 Å². The lowest BCUT2D eigenvalue weighted by Gasteiger charge is -2.32. The third-order valence-electron chi connectivity index (χ3n) is 3.85. The molecule has 1 aromatic carbocycles. The maximum absolute atomic E-state index is 14.2. The zero-order chi connectivity index (χ0) is 15.0. The number of halogens is 1. The van der Waals surface area contributed by atoms with Crippen LogP contribution >= 0.6 is 0 Å². The van der Waals surface area contributed by atoms with Gasteiger partial charge in [0.05, 0.1) is 11.2 Å². The Morgan fingerprint density at radius 3 is 2.35 bits per heavy atom. The molecular formula is C15H20BFO3. The summed E-state index contributed by atoms with van der Waals surface area (Å²) in [5.74, 6) is 0.0627. The summed E-state index contributed by atoms with van der Waals surface area (Å²) in [6.45, 7) is 11.6. The smallest absolute Gasteiger partial charge is 0.489 e. The minimum Gasteiger partial charge on any atom is -0.489 e. The molecule has 0 N–H and O–H groups in total. The first-order chi connectivity index (χ1) is 9.27. The van der Waals surface area contributed by atoms with Crippen LogP contribution in [0.15, 0.2) is 30.9 Å². The summed E-state index contributed by atoms with van der Waals surface area (Å²) in [5.41, 5.74) is -0.584. The van der Waals surface area contributed by atoms with Crippen molar-refractivity contribution in [1.29, 1.82) is 0 Å². The summed E-state index contributed by atoms with van der Waals surface area (Å²) in [7, 11) is -0.701. The molecule has 1 saturated heterocycles. The van der Waals surface area contributed by atoms with E-state index in [9.17, 15) is 4.39 Å². The van der Waals surface area contributed by atoms with E-state index in [1.165, 1.54) is 6.07 Å². The highest BCUT2D eigenvalue weighted by Gasteiger charge is 2.52. The van der Waals surface area contributed by atoms with Crippen LogP contribution in [0, 0.1) is 5.82 Å². The molecule has 0 atom stereocenters. The minimum atomic E-state index is -0.701. The maximum Gasteiger partial charge on any atom is 0.497 e. The van der Waals surface area contributed by atoms with E-state index in [2.05, 4.69) is 6.58 Å². The predicted molar refractivity (Wildman–Crippen MR) is 77.8 cm³/mol. The van der Waals surface area contributed by atoms with Gasteiger partial charge in [-0.3, -0.25) is 0 Å². The largest absolute Gasteiger partial charge is 0.497 e. The fourth-order valence-corrected chi connectivity index (χ4v) is 1.91. The normalized spacial score (nSPS) is 19.9. The quantitative estimate of drug-likeness (QED) is 0.626. The molecular weight excluding hydrogens is 258 g/mol. The Balaban J connectivity index is 2.21. The van der Waals surface area contributed by atoms with Crippen molar-refractivity contribution in [3.05, 3.63) is 36.7 Å². The summed E-state index contributed by atoms with van der Waals surface area (Å²) >= 11 is 0. The molecule has 5 heteroatoms. The summed E-state index contributed by atoms with van der Waals surface area (Å²) in [4.78, 5) is 0. The Kier molecular flexibility index (Phi) is 3.94. The third kappa shape index (κ3) is 2.74. The first-order valence-corrected chi connectivity index (χ1v) is 6.65. The number of rotatable bonds is 4. The van der Waals surface area contributed by atoms with Crippen molar-refractivity contribution >= 4 is 12.6 Å². The third-order valence-corrected chi connectivity index (χ3v) is 3.85. The van der Waals surface area contributed by atoms with Crippen LogP contribution in [0.3, 0.4) is 0 Å². The fourth-order valence-electron chi connectivity index (χ4n) is 1.91. The molecule has 0 bridgehead atoms. The molecule has 0 spiro atoms. The van der Waals surface area contributed by atoms with E-state index in [1.54, 1.807) is 18.2 Å². The molecule has 20 heavy (non-hydrogen) atoms. The second kappa shape index (κ2) is 5.22. The molecule has 1 aromatic rings. The molecule has 2 rings (SSSR count). The Hall–Kier alpha value is -1.33. The SMILES string of the molecule is C=CCOc1ccc(B2OC(C)(C)C(C)(C)O2)c(F)c1. The highest BCUT2D eigenvalue weighted by atomic mass is 19.1. The number of ether oxygens (including phenoxy) is 1. The Morgan fingerprint density at radius 2 is 1.85 bits per heavy atom. The van der Waals surface area contributed by atoms with Crippen LogP contribution in [-0.2, 0) is 9.31 Å². The van der Waals surface area contributed by atoms with Gasteiger partial charge >= 0.3 is 7.12 Å². The zero-order valence-corrected chi connectivity index (χ0v) is 12.4. The van der Waals surface area contributed by atoms with Crippen LogP contribution in [0.2, 0.25) is 0 Å². The van der Waals surface area contributed by atoms with E-state index in [1.807, 2.05) is 27.7 Å². The molecule has 0 radical (unpaired) electrons. The van der Waals surface area contributed by atoms with Crippen molar-refractivity contribution in [2.24, 2.45) is 0 Å². The van der Waals surface area contributed by atoms with Crippen molar-refractivity contribution in [3.63, 3.8) is 0 Å². The van der Waals surface area contributed by atoms with Crippen molar-refractivity contribution in [2.45, 2.75) is 38.9 Å². The second-order valence-corrected chi connectivity index (χ2v) is 5.87. The lowest BCUT2D eigenvalue weighted by molar-refractivity contribution is 0.00578. The van der Waals surface area contributed by atoms with Crippen molar-refractivity contribution in [1.82, 2.24) is 0 Å². The van der Waals surface area contributed by atoms with E-state index < -0.39 is 24.1 Å². The van der Waals surface area contributed by atoms with Crippen molar-refractivity contribution < 1.29 is 18.4 Å². The Morgan fingerprint density at radius 1 is 1.25 bits per heavy atom. The number of benzene rings is 1. The van der Waals surface area contributed by atoms with Gasteiger partial charge in [-0.2, -0.15) is 0 Å². The topological polar surface area (TPSA) is 27.7 Å². The van der Waals surface area contributed by atoms with Gasteiger partial charge in [0.15, 0.2) is 0 Å². The molecule has 1 aliphatic heterocycles. The van der Waals surface area contributed by atoms with Crippen LogP contribution in [-0.4, -0.2) is 24.9 Å². The van der Waals surface area contributed by atoms with Crippen molar-refractivity contribution in [2.75, 3.05) is 6.61 Å². The summed E-state index contributed by atoms with van der Waals surface area (Å²) in [5, 5.41) is 0. The molecule has 108 valence electrons. The molecule has 1 heterocycles. The van der Waals surface area contributed by atoms with Gasteiger partial charge in [0, 0.05) is 11.5 Å². The van der Waals surface area contributed by atoms with Gasteiger partial charge in [-0.25, -0.2) is 4.39 Å². The maximum atomic E-state index is 14.2. The van der Waals surface area contributed by atoms with Crippen LogP contribution in [0.4, 0.5) is 4.39 Å². The number of hydrogen-bond donors (Lipinski definition) is 0. The predicted octanol–water partition coefficient (Wildman–Crippen LogP) is 2.69. The fraction of sp³-hybridized carbons (Fsp3) is 0.467. The highest BCUT2D eigenvalue weighted by molar-refractivity contribution is 6.62. The van der Waals surface area contributed by atoms with Gasteiger partial charge in [0.2, 0.25) is 0 Å². The summed E-state index contributed by atoms with van der Waals surface area (Å²) < 4.78 is 31.1. The molecule has 0 saturated carbocycles. The zero-order valence-electron chi connectivity index (χ0n) is 12.4. The Labute approximate surface area is 119 Å². The molecule has 1 aliphatic rings. The number of hydrogen-bond acceptors (Lipinski definition) is 3. The van der Waals surface area contributed by atoms with E-state index in [4.69, 9.17) is 14.0 Å². The highest BCUT2D eigenvalue weighted by Crippen LogP contribution is 2.36. The Bertz CT molecular complexity index is 498. The second-order valence-electron chi connectivity index (χ2n) is 5.87. The molecule has 1 fully saturated rings. The van der Waals surface area contributed by atoms with Gasteiger partial charge in [-0.1, -0.05) is 18.7 Å². The average molecular weight is 278 g/mol. The van der Waals surface area contributed by atoms with E-state index >= 15 is 0 Å². The molecule has 0 aromatic heterocycles. The molecule has 0 unspecified atom stereocenters. The summed E-state index contributed by atoms with van der Waals surface area (Å²) in [6.07, 6.45) is 1.61. The van der Waals surface area contributed by atoms with Gasteiger partial charge in [-0.15, -0.1) is 0 Å². The van der Waals surface area contributed by atoms with Crippen LogP contribution in [0.25, 0.3) is 0 Å². The van der Waals surface area contributed by atoms with Crippen LogP contribution < -0.4 is 10.2 Å². The lowest BCUT2D eigenvalue weighted by Crippen LogP contribution is -2.41. The van der Waals surface area contributed by atoms with Gasteiger partial charge in [0.25, 0.3) is 0 Å². The average Bonchev–Trinajstić information content (AvgIpc) is 2.55. The molecule has 0 aliphatic carbocycles. The minimum absolute atomic E-state index is 0.343. The van der Waals surface area contributed by atoms with Crippen LogP contribution in [0.5, 0.6) is 5.75 Å². The standard InChI is InChI=1S/C15H20BFO3/c1-6-9-18-11-7-8-12(13(17)10-11)16-19-14(2,3)15(4,5)20-16/h6-8,10H,1,9H2,2-5H3.